The first-order valence-corrected chi connectivity index (χ1v) is 13.5. The molecule has 196 valence electrons. The van der Waals surface area contributed by atoms with Crippen LogP contribution in [0.5, 0.6) is 0 Å². The van der Waals surface area contributed by atoms with Gasteiger partial charge in [0.15, 0.2) is 0 Å². The van der Waals surface area contributed by atoms with Gasteiger partial charge in [0, 0.05) is 11.8 Å². The van der Waals surface area contributed by atoms with Crippen LogP contribution in [0.1, 0.15) is 57.2 Å². The Kier molecular flexibility index (Phi) is 9.81. The number of carboxylic acid groups (broad SMARTS) is 1. The van der Waals surface area contributed by atoms with Crippen LogP contribution in [0.25, 0.3) is 0 Å². The summed E-state index contributed by atoms with van der Waals surface area (Å²) in [6.45, 7) is 7.57. The van der Waals surface area contributed by atoms with Crippen LogP contribution in [-0.4, -0.2) is 34.6 Å². The molecule has 3 aromatic rings. The summed E-state index contributed by atoms with van der Waals surface area (Å²) in [5.41, 5.74) is 2.75. The quantitative estimate of drug-likeness (QED) is 0.264. The highest BCUT2D eigenvalue weighted by molar-refractivity contribution is 8.01. The van der Waals surface area contributed by atoms with Crippen LogP contribution >= 0.6 is 11.8 Å². The lowest BCUT2D eigenvalue weighted by molar-refractivity contribution is -0.141. The third-order valence-corrected chi connectivity index (χ3v) is 7.90. The van der Waals surface area contributed by atoms with Crippen LogP contribution in [0, 0.1) is 5.92 Å². The fourth-order valence-corrected chi connectivity index (χ4v) is 5.98. The van der Waals surface area contributed by atoms with Crippen LogP contribution in [0.15, 0.2) is 91.0 Å². The van der Waals surface area contributed by atoms with E-state index in [1.54, 1.807) is 18.7 Å². The van der Waals surface area contributed by atoms with Crippen LogP contribution < -0.4 is 5.32 Å². The Bertz CT molecular complexity index is 1030. The molecule has 0 saturated heterocycles. The molecule has 3 aromatic carbocycles. The molecule has 0 bridgehead atoms. The van der Waals surface area contributed by atoms with Crippen molar-refractivity contribution in [1.82, 2.24) is 5.32 Å². The third-order valence-electron chi connectivity index (χ3n) is 6.10. The van der Waals surface area contributed by atoms with Gasteiger partial charge in [-0.3, -0.25) is 4.79 Å². The zero-order chi connectivity index (χ0) is 26.9. The first-order valence-electron chi connectivity index (χ1n) is 12.7. The molecule has 6 heteroatoms. The van der Waals surface area contributed by atoms with Gasteiger partial charge < -0.3 is 15.2 Å². The summed E-state index contributed by atoms with van der Waals surface area (Å²) >= 11 is 1.75. The molecule has 0 aliphatic heterocycles. The summed E-state index contributed by atoms with van der Waals surface area (Å²) in [6, 6.07) is 31.0. The van der Waals surface area contributed by atoms with Gasteiger partial charge in [0.05, 0.1) is 10.7 Å². The average molecular weight is 520 g/mol. The Morgan fingerprint density at radius 3 is 1.62 bits per heavy atom. The maximum absolute atomic E-state index is 12.5. The Labute approximate surface area is 224 Å². The number of hydrogen-bond acceptors (Lipinski definition) is 4. The van der Waals surface area contributed by atoms with Gasteiger partial charge in [-0.1, -0.05) is 97.9 Å². The van der Waals surface area contributed by atoms with Crippen molar-refractivity contribution >= 4 is 23.8 Å². The highest BCUT2D eigenvalue weighted by Gasteiger charge is 2.39. The number of rotatable bonds is 11. The van der Waals surface area contributed by atoms with Crippen molar-refractivity contribution in [1.29, 1.82) is 0 Å². The van der Waals surface area contributed by atoms with Crippen molar-refractivity contribution < 1.29 is 19.4 Å². The zero-order valence-corrected chi connectivity index (χ0v) is 22.8. The molecule has 0 aliphatic carbocycles. The monoisotopic (exact) mass is 519 g/mol. The number of amides is 1. The van der Waals surface area contributed by atoms with Crippen molar-refractivity contribution in [2.24, 2.45) is 5.92 Å². The number of aliphatic carboxylic acids is 1. The second-order valence-electron chi connectivity index (χ2n) is 10.2. The maximum atomic E-state index is 12.5. The molecular formula is C31H37NO4S. The first kappa shape index (κ1) is 28.3. The van der Waals surface area contributed by atoms with E-state index in [-0.39, 0.29) is 5.25 Å². The molecule has 2 N–H and O–H groups in total. The van der Waals surface area contributed by atoms with Crippen LogP contribution in [0.4, 0.5) is 4.79 Å². The number of carbonyl (C=O) groups is 2. The van der Waals surface area contributed by atoms with Gasteiger partial charge in [0.25, 0.3) is 0 Å². The molecule has 0 radical (unpaired) electrons. The van der Waals surface area contributed by atoms with Crippen LogP contribution in [-0.2, 0) is 14.3 Å². The smallest absolute Gasteiger partial charge is 0.407 e. The second kappa shape index (κ2) is 12.8. The van der Waals surface area contributed by atoms with Gasteiger partial charge in [0.1, 0.15) is 5.60 Å². The lowest BCUT2D eigenvalue weighted by Crippen LogP contribution is -2.38. The Hall–Kier alpha value is -3.25. The number of benzene rings is 3. The molecule has 37 heavy (non-hydrogen) atoms. The van der Waals surface area contributed by atoms with Gasteiger partial charge in [-0.2, -0.15) is 0 Å². The van der Waals surface area contributed by atoms with E-state index in [1.165, 1.54) is 0 Å². The Morgan fingerprint density at radius 1 is 0.811 bits per heavy atom. The van der Waals surface area contributed by atoms with Crippen molar-refractivity contribution in [3.63, 3.8) is 0 Å². The number of thioether (sulfide) groups is 1. The van der Waals surface area contributed by atoms with E-state index in [1.807, 2.05) is 75.4 Å². The lowest BCUT2D eigenvalue weighted by atomic mass is 9.84. The average Bonchev–Trinajstić information content (AvgIpc) is 2.88. The molecule has 0 aliphatic rings. The molecule has 1 unspecified atom stereocenters. The van der Waals surface area contributed by atoms with Gasteiger partial charge in [0.2, 0.25) is 0 Å². The van der Waals surface area contributed by atoms with Crippen LogP contribution in [0.3, 0.4) is 0 Å². The number of carbonyl (C=O) groups excluding carboxylic acids is 1. The van der Waals surface area contributed by atoms with E-state index in [0.717, 1.165) is 16.7 Å². The summed E-state index contributed by atoms with van der Waals surface area (Å²) in [4.78, 5) is 24.1. The van der Waals surface area contributed by atoms with Crippen molar-refractivity contribution in [3.05, 3.63) is 108 Å². The number of hydrogen-bond donors (Lipinski definition) is 2. The summed E-state index contributed by atoms with van der Waals surface area (Å²) in [6.07, 6.45) is 0.633. The van der Waals surface area contributed by atoms with E-state index in [9.17, 15) is 14.7 Å². The standard InChI is InChI=1S/C31H37NO4S/c1-23(28(33)34)20-21-27(22-32-29(35)36-30(2,3)4)37-31(24-14-8-5-9-15-24,25-16-10-6-11-17-25)26-18-12-7-13-19-26/h5-19,23,27H,20-22H2,1-4H3,(H,32,35)(H,33,34)/t23-,27?/m0/s1. The number of alkyl carbamates (subject to hydrolysis) is 1. The van der Waals surface area contributed by atoms with Crippen molar-refractivity contribution in [3.8, 4) is 0 Å². The summed E-state index contributed by atoms with van der Waals surface area (Å²) in [5.74, 6) is -1.30. The minimum atomic E-state index is -0.815. The molecule has 2 atom stereocenters. The third kappa shape index (κ3) is 7.86. The Balaban J connectivity index is 2.06. The first-order chi connectivity index (χ1) is 17.6. The van der Waals surface area contributed by atoms with Crippen molar-refractivity contribution in [2.45, 2.75) is 56.1 Å². The number of nitrogens with one attached hydrogen (secondary N) is 1. The number of ether oxygens (including phenoxy) is 1. The topological polar surface area (TPSA) is 75.6 Å². The normalized spacial score (nSPS) is 13.4. The van der Waals surface area contributed by atoms with E-state index < -0.39 is 28.3 Å². The lowest BCUT2D eigenvalue weighted by Gasteiger charge is -2.38. The molecule has 3 rings (SSSR count). The molecule has 1 amide bonds. The predicted octanol–water partition coefficient (Wildman–Crippen LogP) is 7.11. The summed E-state index contributed by atoms with van der Waals surface area (Å²) in [7, 11) is 0. The minimum Gasteiger partial charge on any atom is -0.481 e. The molecule has 0 heterocycles. The van der Waals surface area contributed by atoms with Gasteiger partial charge in [-0.15, -0.1) is 11.8 Å². The molecule has 0 spiro atoms. The van der Waals surface area contributed by atoms with E-state index in [2.05, 4.69) is 41.7 Å². The Morgan fingerprint density at radius 2 is 1.24 bits per heavy atom. The fourth-order valence-electron chi connectivity index (χ4n) is 4.25. The fraction of sp³-hybridized carbons (Fsp3) is 0.355. The van der Waals surface area contributed by atoms with Gasteiger partial charge >= 0.3 is 12.1 Å². The minimum absolute atomic E-state index is 0.0880. The predicted molar refractivity (Wildman–Crippen MR) is 151 cm³/mol. The molecular weight excluding hydrogens is 482 g/mol. The molecule has 0 aromatic heterocycles. The van der Waals surface area contributed by atoms with Gasteiger partial charge in [-0.25, -0.2) is 4.79 Å². The number of carboxylic acids is 1. The van der Waals surface area contributed by atoms with Crippen LogP contribution in [0.2, 0.25) is 0 Å². The largest absolute Gasteiger partial charge is 0.481 e. The second-order valence-corrected chi connectivity index (χ2v) is 11.7. The van der Waals surface area contributed by atoms with E-state index in [0.29, 0.717) is 19.4 Å². The highest BCUT2D eigenvalue weighted by Crippen LogP contribution is 2.50. The molecule has 0 saturated carbocycles. The summed E-state index contributed by atoms with van der Waals surface area (Å²) in [5, 5.41) is 12.4. The highest BCUT2D eigenvalue weighted by atomic mass is 32.2. The summed E-state index contributed by atoms with van der Waals surface area (Å²) < 4.78 is 4.91. The van der Waals surface area contributed by atoms with E-state index >= 15 is 0 Å². The zero-order valence-electron chi connectivity index (χ0n) is 22.0. The molecule has 5 nitrogen and oxygen atoms in total. The maximum Gasteiger partial charge on any atom is 0.407 e. The van der Waals surface area contributed by atoms with Crippen molar-refractivity contribution in [2.75, 3.05) is 6.54 Å². The molecule has 0 fully saturated rings. The van der Waals surface area contributed by atoms with Gasteiger partial charge in [-0.05, 0) is 50.3 Å². The van der Waals surface area contributed by atoms with E-state index in [4.69, 9.17) is 4.74 Å². The SMILES string of the molecule is C[C@@H](CCC(CNC(=O)OC(C)(C)C)SC(c1ccccc1)(c1ccccc1)c1ccccc1)C(=O)O.